The van der Waals surface area contributed by atoms with Gasteiger partial charge in [-0.05, 0) is 12.8 Å². The van der Waals surface area contributed by atoms with Gasteiger partial charge in [0.25, 0.3) is 0 Å². The maximum Gasteiger partial charge on any atom is 0.387 e. The number of hydrogen-bond donors (Lipinski definition) is 0. The Morgan fingerprint density at radius 1 is 1.37 bits per heavy atom. The van der Waals surface area contributed by atoms with Crippen LogP contribution in [-0.2, 0) is 19.1 Å². The van der Waals surface area contributed by atoms with Crippen LogP contribution in [0.4, 0.5) is 0 Å². The van der Waals surface area contributed by atoms with Crippen molar-refractivity contribution in [1.82, 2.24) is 0 Å². The van der Waals surface area contributed by atoms with E-state index in [9.17, 15) is 14.4 Å². The first kappa shape index (κ1) is 13.9. The van der Waals surface area contributed by atoms with Gasteiger partial charge >= 0.3 is 11.9 Å². The summed E-state index contributed by atoms with van der Waals surface area (Å²) in [6.07, 6.45) is 5.02. The number of esters is 1. The third kappa shape index (κ3) is 3.28. The molecule has 5 heteroatoms. The van der Waals surface area contributed by atoms with E-state index in [4.69, 9.17) is 0 Å². The lowest BCUT2D eigenvalue weighted by Crippen LogP contribution is -2.26. The second kappa shape index (κ2) is 6.08. The first-order chi connectivity index (χ1) is 9.11. The van der Waals surface area contributed by atoms with Gasteiger partial charge in [-0.15, -0.1) is 0 Å². The van der Waals surface area contributed by atoms with E-state index in [1.807, 2.05) is 0 Å². The molecular weight excluding hydrogens is 246 g/mol. The molecule has 1 saturated carbocycles. The summed E-state index contributed by atoms with van der Waals surface area (Å²) < 4.78 is 6.23. The number of rotatable bonds is 5. The molecule has 2 rings (SSSR count). The largest absolute Gasteiger partial charge is 0.469 e. The predicted octanol–water partition coefficient (Wildman–Crippen LogP) is 1.08. The summed E-state index contributed by atoms with van der Waals surface area (Å²) in [6, 6.07) is 0. The number of Topliss-reactive ketones (excluding diaryl/α,β-unsaturated/α-hetero) is 1. The summed E-state index contributed by atoms with van der Waals surface area (Å²) >= 11 is 0. The monoisotopic (exact) mass is 266 g/mol. The molecule has 0 saturated heterocycles. The summed E-state index contributed by atoms with van der Waals surface area (Å²) in [5.74, 6) is -0.148. The summed E-state index contributed by atoms with van der Waals surface area (Å²) in [5, 5.41) is 0. The SMILES string of the molecule is COC(=O)CC(=O)CC[N+]1=C2CCCCC2CC1=O. The fourth-order valence-corrected chi connectivity index (χ4v) is 2.95. The quantitative estimate of drug-likeness (QED) is 0.424. The lowest BCUT2D eigenvalue weighted by atomic mass is 9.87. The maximum atomic E-state index is 11.9. The molecule has 1 atom stereocenters. The van der Waals surface area contributed by atoms with Gasteiger partial charge < -0.3 is 4.74 Å². The summed E-state index contributed by atoms with van der Waals surface area (Å²) in [5.41, 5.74) is 1.21. The Kier molecular flexibility index (Phi) is 4.45. The highest BCUT2D eigenvalue weighted by molar-refractivity contribution is 5.96. The Balaban J connectivity index is 1.92. The number of carbonyl (C=O) groups is 3. The number of amides is 1. The molecule has 1 fully saturated rings. The van der Waals surface area contributed by atoms with Gasteiger partial charge in [0.2, 0.25) is 0 Å². The molecule has 19 heavy (non-hydrogen) atoms. The van der Waals surface area contributed by atoms with Crippen molar-refractivity contribution in [1.29, 1.82) is 0 Å². The number of fused-ring (bicyclic) bond motifs is 1. The Labute approximate surface area is 112 Å². The fraction of sp³-hybridized carbons (Fsp3) is 0.714. The van der Waals surface area contributed by atoms with E-state index in [1.165, 1.54) is 19.2 Å². The second-order valence-corrected chi connectivity index (χ2v) is 5.23. The molecule has 0 radical (unpaired) electrons. The molecule has 0 spiro atoms. The molecule has 0 bridgehead atoms. The minimum absolute atomic E-state index is 0.132. The average molecular weight is 266 g/mol. The van der Waals surface area contributed by atoms with Crippen LogP contribution in [0.1, 0.15) is 44.9 Å². The smallest absolute Gasteiger partial charge is 0.387 e. The molecule has 5 nitrogen and oxygen atoms in total. The summed E-state index contributed by atoms with van der Waals surface area (Å²) in [7, 11) is 1.27. The van der Waals surface area contributed by atoms with Crippen LogP contribution < -0.4 is 0 Å². The Morgan fingerprint density at radius 2 is 2.16 bits per heavy atom. The zero-order chi connectivity index (χ0) is 13.8. The van der Waals surface area contributed by atoms with Crippen LogP contribution in [0.15, 0.2) is 0 Å². The average Bonchev–Trinajstić information content (AvgIpc) is 2.71. The first-order valence-electron chi connectivity index (χ1n) is 6.86. The van der Waals surface area contributed by atoms with Crippen molar-refractivity contribution in [2.24, 2.45) is 5.92 Å². The minimum atomic E-state index is -0.513. The number of methoxy groups -OCH3 is 1. The molecule has 1 unspecified atom stereocenters. The molecule has 1 aliphatic carbocycles. The summed E-state index contributed by atoms with van der Waals surface area (Å²) in [6.45, 7) is 0.417. The Hall–Kier alpha value is -1.52. The van der Waals surface area contributed by atoms with Crippen molar-refractivity contribution in [2.75, 3.05) is 13.7 Å². The zero-order valence-electron chi connectivity index (χ0n) is 11.3. The number of ketones is 1. The third-order valence-corrected chi connectivity index (χ3v) is 3.96. The van der Waals surface area contributed by atoms with Gasteiger partial charge in [0.05, 0.1) is 25.9 Å². The topological polar surface area (TPSA) is 63.5 Å². The maximum absolute atomic E-state index is 11.9. The van der Waals surface area contributed by atoms with Gasteiger partial charge in [-0.1, -0.05) is 6.42 Å². The molecule has 0 N–H and O–H groups in total. The molecule has 1 heterocycles. The highest BCUT2D eigenvalue weighted by atomic mass is 16.5. The van der Waals surface area contributed by atoms with Gasteiger partial charge in [-0.25, -0.2) is 4.79 Å². The first-order valence-corrected chi connectivity index (χ1v) is 6.86. The van der Waals surface area contributed by atoms with E-state index in [2.05, 4.69) is 4.74 Å². The molecule has 2 aliphatic rings. The Morgan fingerprint density at radius 3 is 2.89 bits per heavy atom. The van der Waals surface area contributed by atoms with Crippen LogP contribution >= 0.6 is 0 Å². The Bertz CT molecular complexity index is 439. The van der Waals surface area contributed by atoms with Gasteiger partial charge in [0, 0.05) is 6.42 Å². The lowest BCUT2D eigenvalue weighted by molar-refractivity contribution is -0.444. The van der Waals surface area contributed by atoms with Crippen molar-refractivity contribution in [3.05, 3.63) is 0 Å². The molecule has 1 aliphatic heterocycles. The molecule has 0 aromatic rings. The van der Waals surface area contributed by atoms with Gasteiger partial charge in [-0.3, -0.25) is 9.59 Å². The van der Waals surface area contributed by atoms with Crippen LogP contribution in [0.2, 0.25) is 0 Å². The van der Waals surface area contributed by atoms with Gasteiger partial charge in [0.1, 0.15) is 12.2 Å². The zero-order valence-corrected chi connectivity index (χ0v) is 11.3. The number of carbonyl (C=O) groups excluding carboxylic acids is 3. The lowest BCUT2D eigenvalue weighted by Gasteiger charge is -2.13. The van der Waals surface area contributed by atoms with Crippen molar-refractivity contribution in [3.63, 3.8) is 0 Å². The standard InChI is InChI=1S/C14H20NO4/c1-19-14(18)9-11(16)6-7-15-12-5-3-2-4-10(12)8-13(15)17/h10H,2-9H2,1H3/q+1. The van der Waals surface area contributed by atoms with E-state index < -0.39 is 5.97 Å². The van der Waals surface area contributed by atoms with Gasteiger partial charge in [-0.2, -0.15) is 4.58 Å². The van der Waals surface area contributed by atoms with E-state index >= 15 is 0 Å². The summed E-state index contributed by atoms with van der Waals surface area (Å²) in [4.78, 5) is 34.5. The van der Waals surface area contributed by atoms with Crippen LogP contribution in [0.3, 0.4) is 0 Å². The fourth-order valence-electron chi connectivity index (χ4n) is 2.95. The van der Waals surface area contributed by atoms with Gasteiger partial charge in [0.15, 0.2) is 12.3 Å². The van der Waals surface area contributed by atoms with Crippen LogP contribution in [0, 0.1) is 5.92 Å². The van der Waals surface area contributed by atoms with Crippen LogP contribution in [0.5, 0.6) is 0 Å². The normalized spacial score (nSPS) is 22.4. The van der Waals surface area contributed by atoms with E-state index in [1.54, 1.807) is 4.58 Å². The van der Waals surface area contributed by atoms with Crippen molar-refractivity contribution >= 4 is 23.4 Å². The van der Waals surface area contributed by atoms with E-state index in [0.29, 0.717) is 18.9 Å². The highest BCUT2D eigenvalue weighted by Gasteiger charge is 2.41. The number of ether oxygens (including phenoxy) is 1. The predicted molar refractivity (Wildman–Crippen MR) is 68.0 cm³/mol. The molecule has 0 aromatic carbocycles. The van der Waals surface area contributed by atoms with Crippen molar-refractivity contribution in [3.8, 4) is 0 Å². The highest BCUT2D eigenvalue weighted by Crippen LogP contribution is 2.29. The number of hydrogen-bond acceptors (Lipinski definition) is 4. The van der Waals surface area contributed by atoms with Crippen molar-refractivity contribution < 1.29 is 23.7 Å². The van der Waals surface area contributed by atoms with E-state index in [0.717, 1.165) is 19.3 Å². The van der Waals surface area contributed by atoms with Crippen LogP contribution in [0.25, 0.3) is 0 Å². The minimum Gasteiger partial charge on any atom is -0.469 e. The van der Waals surface area contributed by atoms with E-state index in [-0.39, 0.29) is 24.5 Å². The van der Waals surface area contributed by atoms with Crippen LogP contribution in [-0.4, -0.2) is 41.6 Å². The number of nitrogens with zero attached hydrogens (tertiary/aromatic N) is 1. The van der Waals surface area contributed by atoms with Crippen molar-refractivity contribution in [2.45, 2.75) is 44.9 Å². The molecule has 1 amide bonds. The second-order valence-electron chi connectivity index (χ2n) is 5.23. The third-order valence-electron chi connectivity index (χ3n) is 3.96. The molecule has 104 valence electrons. The molecule has 0 aromatic heterocycles. The molecular formula is C14H20NO4+.